The Hall–Kier alpha value is 0.100. The maximum Gasteiger partial charge on any atom is 0.0513 e. The molecule has 0 unspecified atom stereocenters. The second-order valence-electron chi connectivity index (χ2n) is 4.78. The molecule has 0 aliphatic heterocycles. The number of aliphatic hydroxyl groups excluding tert-OH is 2. The number of halogens is 1. The van der Waals surface area contributed by atoms with E-state index in [0.29, 0.717) is 5.92 Å². The number of rotatable bonds is 6. The molecular formula is C12H19BrO2S. The van der Waals surface area contributed by atoms with Gasteiger partial charge in [-0.1, -0.05) is 13.8 Å². The molecule has 0 radical (unpaired) electrons. The van der Waals surface area contributed by atoms with Crippen LogP contribution in [0, 0.1) is 11.3 Å². The van der Waals surface area contributed by atoms with Crippen molar-refractivity contribution < 1.29 is 10.2 Å². The molecule has 1 rings (SSSR count). The first-order valence-electron chi connectivity index (χ1n) is 5.46. The molecule has 2 N–H and O–H groups in total. The molecule has 0 spiro atoms. The third-order valence-electron chi connectivity index (χ3n) is 2.74. The molecule has 1 heterocycles. The molecule has 1 aromatic heterocycles. The van der Waals surface area contributed by atoms with Crippen LogP contribution in [-0.2, 0) is 6.42 Å². The largest absolute Gasteiger partial charge is 0.396 e. The quantitative estimate of drug-likeness (QED) is 0.848. The Kier molecular flexibility index (Phi) is 5.44. The van der Waals surface area contributed by atoms with Crippen LogP contribution in [-0.4, -0.2) is 23.4 Å². The van der Waals surface area contributed by atoms with Crippen molar-refractivity contribution in [1.29, 1.82) is 0 Å². The molecule has 92 valence electrons. The third kappa shape index (κ3) is 3.55. The van der Waals surface area contributed by atoms with Crippen molar-refractivity contribution in [3.8, 4) is 0 Å². The van der Waals surface area contributed by atoms with Crippen molar-refractivity contribution in [3.05, 3.63) is 20.8 Å². The Morgan fingerprint density at radius 3 is 2.38 bits per heavy atom. The Morgan fingerprint density at radius 1 is 1.38 bits per heavy atom. The predicted molar refractivity (Wildman–Crippen MR) is 71.8 cm³/mol. The molecule has 0 aliphatic rings. The molecule has 0 aromatic carbocycles. The summed E-state index contributed by atoms with van der Waals surface area (Å²) < 4.78 is 1.08. The summed E-state index contributed by atoms with van der Waals surface area (Å²) in [6.45, 7) is 4.30. The first-order chi connectivity index (χ1) is 7.53. The second-order valence-corrected chi connectivity index (χ2v) is 6.64. The maximum atomic E-state index is 9.54. The van der Waals surface area contributed by atoms with E-state index in [0.717, 1.165) is 17.3 Å². The number of thiophene rings is 1. The van der Waals surface area contributed by atoms with Crippen LogP contribution in [0.25, 0.3) is 0 Å². The molecule has 1 aromatic rings. The van der Waals surface area contributed by atoms with Crippen molar-refractivity contribution in [2.75, 3.05) is 13.2 Å². The summed E-state index contributed by atoms with van der Waals surface area (Å²) in [5, 5.41) is 21.1. The SMILES string of the molecule is CC(C)CC(CO)(CO)Cc1sccc1Br. The van der Waals surface area contributed by atoms with Gasteiger partial charge in [0, 0.05) is 14.8 Å². The lowest BCUT2D eigenvalue weighted by molar-refractivity contribution is 0.0375. The third-order valence-corrected chi connectivity index (χ3v) is 4.67. The van der Waals surface area contributed by atoms with Gasteiger partial charge >= 0.3 is 0 Å². The molecule has 0 saturated heterocycles. The number of hydrogen-bond donors (Lipinski definition) is 2. The van der Waals surface area contributed by atoms with Crippen LogP contribution in [0.5, 0.6) is 0 Å². The summed E-state index contributed by atoms with van der Waals surface area (Å²) in [5.74, 6) is 0.470. The first kappa shape index (κ1) is 14.2. The first-order valence-corrected chi connectivity index (χ1v) is 7.14. The normalized spacial score (nSPS) is 12.4. The summed E-state index contributed by atoms with van der Waals surface area (Å²) in [5.41, 5.74) is -0.387. The Bertz CT molecular complexity index is 319. The van der Waals surface area contributed by atoms with Gasteiger partial charge in [0.1, 0.15) is 0 Å². The second kappa shape index (κ2) is 6.15. The number of hydrogen-bond acceptors (Lipinski definition) is 3. The van der Waals surface area contributed by atoms with Gasteiger partial charge in [-0.3, -0.25) is 0 Å². The highest BCUT2D eigenvalue weighted by atomic mass is 79.9. The summed E-state index contributed by atoms with van der Waals surface area (Å²) in [4.78, 5) is 1.20. The predicted octanol–water partition coefficient (Wildman–Crippen LogP) is 3.07. The molecule has 0 amide bonds. The van der Waals surface area contributed by atoms with Crippen LogP contribution in [0.4, 0.5) is 0 Å². The van der Waals surface area contributed by atoms with Gasteiger partial charge in [-0.15, -0.1) is 11.3 Å². The summed E-state index contributed by atoms with van der Waals surface area (Å²) in [6.07, 6.45) is 1.57. The summed E-state index contributed by atoms with van der Waals surface area (Å²) in [7, 11) is 0. The van der Waals surface area contributed by atoms with Gasteiger partial charge in [0.2, 0.25) is 0 Å². The highest BCUT2D eigenvalue weighted by molar-refractivity contribution is 9.10. The van der Waals surface area contributed by atoms with Gasteiger partial charge in [-0.05, 0) is 46.1 Å². The van der Waals surface area contributed by atoms with E-state index in [1.54, 1.807) is 11.3 Å². The smallest absolute Gasteiger partial charge is 0.0513 e. The topological polar surface area (TPSA) is 40.5 Å². The van der Waals surface area contributed by atoms with Crippen LogP contribution >= 0.6 is 27.3 Å². The molecule has 0 fully saturated rings. The fraction of sp³-hybridized carbons (Fsp3) is 0.667. The van der Waals surface area contributed by atoms with E-state index in [-0.39, 0.29) is 18.6 Å². The minimum absolute atomic E-state index is 0.0337. The average molecular weight is 307 g/mol. The van der Waals surface area contributed by atoms with Gasteiger partial charge in [0.25, 0.3) is 0 Å². The Morgan fingerprint density at radius 2 is 2.00 bits per heavy atom. The van der Waals surface area contributed by atoms with Crippen molar-refractivity contribution in [1.82, 2.24) is 0 Å². The zero-order valence-corrected chi connectivity index (χ0v) is 12.1. The lowest BCUT2D eigenvalue weighted by atomic mass is 9.78. The van der Waals surface area contributed by atoms with E-state index in [2.05, 4.69) is 29.8 Å². The van der Waals surface area contributed by atoms with Crippen molar-refractivity contribution in [2.45, 2.75) is 26.7 Å². The fourth-order valence-electron chi connectivity index (χ4n) is 2.02. The van der Waals surface area contributed by atoms with Gasteiger partial charge in [0.15, 0.2) is 0 Å². The van der Waals surface area contributed by atoms with Crippen molar-refractivity contribution >= 4 is 27.3 Å². The zero-order chi connectivity index (χ0) is 12.2. The molecule has 0 aliphatic carbocycles. The lowest BCUT2D eigenvalue weighted by Crippen LogP contribution is -2.33. The van der Waals surface area contributed by atoms with Gasteiger partial charge in [-0.25, -0.2) is 0 Å². The molecule has 4 heteroatoms. The molecule has 16 heavy (non-hydrogen) atoms. The average Bonchev–Trinajstić information content (AvgIpc) is 2.62. The van der Waals surface area contributed by atoms with Crippen molar-refractivity contribution in [3.63, 3.8) is 0 Å². The number of aliphatic hydroxyl groups is 2. The van der Waals surface area contributed by atoms with Crippen LogP contribution in [0.2, 0.25) is 0 Å². The molecule has 2 nitrogen and oxygen atoms in total. The standard InChI is InChI=1S/C12H19BrO2S/c1-9(2)5-12(7-14,8-15)6-11-10(13)3-4-16-11/h3-4,9,14-15H,5-8H2,1-2H3. The summed E-state index contributed by atoms with van der Waals surface area (Å²) >= 11 is 5.16. The fourth-order valence-corrected chi connectivity index (χ4v) is 3.69. The van der Waals surface area contributed by atoms with E-state index in [1.165, 1.54) is 4.88 Å². The minimum Gasteiger partial charge on any atom is -0.396 e. The highest BCUT2D eigenvalue weighted by Crippen LogP contribution is 2.34. The highest BCUT2D eigenvalue weighted by Gasteiger charge is 2.31. The summed E-state index contributed by atoms with van der Waals surface area (Å²) in [6, 6.07) is 2.01. The van der Waals surface area contributed by atoms with Crippen molar-refractivity contribution in [2.24, 2.45) is 11.3 Å². The van der Waals surface area contributed by atoms with Gasteiger partial charge in [-0.2, -0.15) is 0 Å². The molecule has 0 atom stereocenters. The Labute approximate surface area is 109 Å². The molecule has 0 bridgehead atoms. The maximum absolute atomic E-state index is 9.54. The monoisotopic (exact) mass is 306 g/mol. The van der Waals surface area contributed by atoms with E-state index >= 15 is 0 Å². The minimum atomic E-state index is -0.387. The van der Waals surface area contributed by atoms with E-state index in [4.69, 9.17) is 0 Å². The van der Waals surface area contributed by atoms with E-state index in [9.17, 15) is 10.2 Å². The van der Waals surface area contributed by atoms with Gasteiger partial charge < -0.3 is 10.2 Å². The molecular weight excluding hydrogens is 288 g/mol. The van der Waals surface area contributed by atoms with Crippen LogP contribution in [0.1, 0.15) is 25.1 Å². The van der Waals surface area contributed by atoms with Crippen LogP contribution in [0.15, 0.2) is 15.9 Å². The van der Waals surface area contributed by atoms with E-state index < -0.39 is 0 Å². The van der Waals surface area contributed by atoms with Crippen LogP contribution < -0.4 is 0 Å². The van der Waals surface area contributed by atoms with Crippen LogP contribution in [0.3, 0.4) is 0 Å². The zero-order valence-electron chi connectivity index (χ0n) is 9.74. The lowest BCUT2D eigenvalue weighted by Gasteiger charge is -2.31. The van der Waals surface area contributed by atoms with Gasteiger partial charge in [0.05, 0.1) is 13.2 Å². The molecule has 0 saturated carbocycles. The Balaban J connectivity index is 2.82. The van der Waals surface area contributed by atoms with E-state index in [1.807, 2.05) is 11.4 Å².